The highest BCUT2D eigenvalue weighted by Crippen LogP contribution is 2.28. The van der Waals surface area contributed by atoms with Crippen LogP contribution >= 0.6 is 0 Å². The van der Waals surface area contributed by atoms with E-state index >= 15 is 0 Å². The van der Waals surface area contributed by atoms with E-state index in [4.69, 9.17) is 9.26 Å². The number of morpholine rings is 1. The number of ether oxygens (including phenoxy) is 1. The molecule has 1 atom stereocenters. The summed E-state index contributed by atoms with van der Waals surface area (Å²) in [5.41, 5.74) is 2.89. The van der Waals surface area contributed by atoms with Crippen molar-refractivity contribution in [1.82, 2.24) is 24.6 Å². The number of nitrogens with zero attached hydrogens (tertiary/aromatic N) is 5. The van der Waals surface area contributed by atoms with Gasteiger partial charge in [0.25, 0.3) is 0 Å². The first-order valence-electron chi connectivity index (χ1n) is 8.91. The molecule has 136 valence electrons. The highest BCUT2D eigenvalue weighted by molar-refractivity contribution is 5.60. The smallest absolute Gasteiger partial charge is 0.145 e. The van der Waals surface area contributed by atoms with Crippen molar-refractivity contribution in [3.63, 3.8) is 0 Å². The number of pyridine rings is 1. The van der Waals surface area contributed by atoms with Gasteiger partial charge in [-0.25, -0.2) is 4.98 Å². The molecule has 0 saturated carbocycles. The van der Waals surface area contributed by atoms with E-state index in [-0.39, 0.29) is 6.04 Å². The number of hydrogen-bond acceptors (Lipinski definition) is 6. The van der Waals surface area contributed by atoms with Crippen LogP contribution in [0, 0.1) is 13.8 Å². The number of hydrogen-bond donors (Lipinski definition) is 0. The summed E-state index contributed by atoms with van der Waals surface area (Å²) in [4.78, 5) is 11.6. The maximum Gasteiger partial charge on any atom is 0.145 e. The number of imidazole rings is 1. The molecule has 3 aromatic heterocycles. The minimum absolute atomic E-state index is 0.161. The summed E-state index contributed by atoms with van der Waals surface area (Å²) in [5.74, 6) is 1.67. The maximum absolute atomic E-state index is 5.53. The molecule has 0 aliphatic carbocycles. The molecule has 3 aromatic rings. The van der Waals surface area contributed by atoms with Crippen LogP contribution in [0.3, 0.4) is 0 Å². The average molecular weight is 353 g/mol. The first-order chi connectivity index (χ1) is 12.7. The van der Waals surface area contributed by atoms with E-state index in [0.717, 1.165) is 61.4 Å². The summed E-state index contributed by atoms with van der Waals surface area (Å²) in [5, 5.41) is 4.07. The molecule has 0 aromatic carbocycles. The number of aryl methyl sites for hydroxylation is 2. The van der Waals surface area contributed by atoms with Gasteiger partial charge in [0, 0.05) is 38.2 Å². The minimum atomic E-state index is 0.161. The second-order valence-electron chi connectivity index (χ2n) is 6.52. The molecule has 0 amide bonds. The molecular formula is C19H23N5O2. The van der Waals surface area contributed by atoms with Crippen molar-refractivity contribution in [2.45, 2.75) is 26.4 Å². The van der Waals surface area contributed by atoms with Gasteiger partial charge in [-0.05, 0) is 26.0 Å². The molecule has 1 saturated heterocycles. The average Bonchev–Trinajstić information content (AvgIpc) is 3.26. The first kappa shape index (κ1) is 16.9. The lowest BCUT2D eigenvalue weighted by molar-refractivity contribution is 0.0115. The van der Waals surface area contributed by atoms with E-state index in [1.165, 1.54) is 0 Å². The lowest BCUT2D eigenvalue weighted by Crippen LogP contribution is -2.41. The van der Waals surface area contributed by atoms with Gasteiger partial charge in [-0.3, -0.25) is 9.88 Å². The fraction of sp³-hybridized carbons (Fsp3) is 0.421. The number of rotatable bonds is 5. The predicted molar refractivity (Wildman–Crippen MR) is 96.6 cm³/mol. The maximum atomic E-state index is 5.53. The summed E-state index contributed by atoms with van der Waals surface area (Å²) >= 11 is 0. The highest BCUT2D eigenvalue weighted by Gasteiger charge is 2.26. The Morgan fingerprint density at radius 1 is 1.12 bits per heavy atom. The molecule has 7 heteroatoms. The fourth-order valence-corrected chi connectivity index (χ4v) is 3.53. The van der Waals surface area contributed by atoms with Crippen molar-refractivity contribution in [2.24, 2.45) is 0 Å². The Balaban J connectivity index is 1.68. The van der Waals surface area contributed by atoms with Crippen molar-refractivity contribution >= 4 is 0 Å². The molecule has 1 aliphatic rings. The zero-order valence-electron chi connectivity index (χ0n) is 15.1. The van der Waals surface area contributed by atoms with Crippen LogP contribution in [0.5, 0.6) is 0 Å². The third kappa shape index (κ3) is 3.27. The molecule has 7 nitrogen and oxygen atoms in total. The van der Waals surface area contributed by atoms with E-state index < -0.39 is 0 Å². The Labute approximate surface area is 152 Å². The zero-order chi connectivity index (χ0) is 17.9. The van der Waals surface area contributed by atoms with Crippen LogP contribution in [0.4, 0.5) is 0 Å². The van der Waals surface area contributed by atoms with E-state index in [1.54, 1.807) is 0 Å². The minimum Gasteiger partial charge on any atom is -0.379 e. The van der Waals surface area contributed by atoms with Gasteiger partial charge in [-0.15, -0.1) is 0 Å². The second kappa shape index (κ2) is 7.39. The number of aromatic nitrogens is 4. The second-order valence-corrected chi connectivity index (χ2v) is 6.52. The molecule has 1 aliphatic heterocycles. The molecule has 1 fully saturated rings. The lowest BCUT2D eigenvalue weighted by atomic mass is 10.1. The van der Waals surface area contributed by atoms with Crippen LogP contribution < -0.4 is 0 Å². The van der Waals surface area contributed by atoms with Gasteiger partial charge in [0.05, 0.1) is 36.2 Å². The van der Waals surface area contributed by atoms with E-state index in [0.29, 0.717) is 0 Å². The first-order valence-corrected chi connectivity index (χ1v) is 8.91. The summed E-state index contributed by atoms with van der Waals surface area (Å²) in [6.07, 6.45) is 5.69. The van der Waals surface area contributed by atoms with Crippen LogP contribution in [0.15, 0.2) is 41.3 Å². The van der Waals surface area contributed by atoms with Crippen LogP contribution in [-0.2, 0) is 11.3 Å². The Bertz CT molecular complexity index is 832. The largest absolute Gasteiger partial charge is 0.379 e. The third-order valence-electron chi connectivity index (χ3n) is 4.86. The Morgan fingerprint density at radius 2 is 1.96 bits per heavy atom. The third-order valence-corrected chi connectivity index (χ3v) is 4.86. The van der Waals surface area contributed by atoms with Crippen molar-refractivity contribution in [3.05, 3.63) is 53.9 Å². The van der Waals surface area contributed by atoms with Gasteiger partial charge in [0.15, 0.2) is 0 Å². The molecule has 26 heavy (non-hydrogen) atoms. The summed E-state index contributed by atoms with van der Waals surface area (Å²) in [6.45, 7) is 7.94. The molecule has 0 radical (unpaired) electrons. The van der Waals surface area contributed by atoms with Crippen molar-refractivity contribution < 1.29 is 9.26 Å². The van der Waals surface area contributed by atoms with E-state index in [2.05, 4.69) is 30.7 Å². The van der Waals surface area contributed by atoms with Gasteiger partial charge in [0.2, 0.25) is 0 Å². The fourth-order valence-electron chi connectivity index (χ4n) is 3.53. The van der Waals surface area contributed by atoms with Gasteiger partial charge >= 0.3 is 0 Å². The van der Waals surface area contributed by atoms with Gasteiger partial charge in [0.1, 0.15) is 11.6 Å². The Hall–Kier alpha value is -2.51. The Kier molecular flexibility index (Phi) is 4.81. The molecule has 4 heterocycles. The molecule has 0 N–H and O–H groups in total. The molecule has 4 rings (SSSR count). The van der Waals surface area contributed by atoms with Crippen molar-refractivity contribution in [1.29, 1.82) is 0 Å². The SMILES string of the molecule is Cc1noc(C)c1-c1nccn1C[C@@H](c1ccccn1)N1CCOCC1. The monoisotopic (exact) mass is 353 g/mol. The van der Waals surface area contributed by atoms with Crippen LogP contribution in [0.1, 0.15) is 23.2 Å². The van der Waals surface area contributed by atoms with Crippen molar-refractivity contribution in [3.8, 4) is 11.4 Å². The van der Waals surface area contributed by atoms with Crippen LogP contribution in [-0.4, -0.2) is 50.9 Å². The quantitative estimate of drug-likeness (QED) is 0.702. The molecule has 0 spiro atoms. The highest BCUT2D eigenvalue weighted by atomic mass is 16.5. The van der Waals surface area contributed by atoms with Crippen molar-refractivity contribution in [2.75, 3.05) is 26.3 Å². The van der Waals surface area contributed by atoms with Gasteiger partial charge < -0.3 is 13.8 Å². The topological polar surface area (TPSA) is 69.2 Å². The molecule has 0 bridgehead atoms. The lowest BCUT2D eigenvalue weighted by Gasteiger charge is -2.34. The summed E-state index contributed by atoms with van der Waals surface area (Å²) in [6, 6.07) is 6.24. The van der Waals surface area contributed by atoms with Crippen LogP contribution in [0.25, 0.3) is 11.4 Å². The molecule has 0 unspecified atom stereocenters. The van der Waals surface area contributed by atoms with Gasteiger partial charge in [-0.2, -0.15) is 0 Å². The summed E-state index contributed by atoms with van der Waals surface area (Å²) < 4.78 is 13.0. The standard InChI is InChI=1S/C19H23N5O2/c1-14-18(15(2)26-22-14)19-21-7-8-24(19)13-17(16-5-3-4-6-20-16)23-9-11-25-12-10-23/h3-8,17H,9-13H2,1-2H3/t17-/m0/s1. The normalized spacial score (nSPS) is 16.7. The van der Waals surface area contributed by atoms with E-state index in [9.17, 15) is 0 Å². The summed E-state index contributed by atoms with van der Waals surface area (Å²) in [7, 11) is 0. The van der Waals surface area contributed by atoms with Crippen LogP contribution in [0.2, 0.25) is 0 Å². The zero-order valence-corrected chi connectivity index (χ0v) is 15.1. The van der Waals surface area contributed by atoms with E-state index in [1.807, 2.05) is 44.6 Å². The Morgan fingerprint density at radius 3 is 2.65 bits per heavy atom. The predicted octanol–water partition coefficient (Wildman–Crippen LogP) is 2.62. The molecular weight excluding hydrogens is 330 g/mol. The van der Waals surface area contributed by atoms with Gasteiger partial charge in [-0.1, -0.05) is 11.2 Å².